The molecule has 4 aromatic rings. The molecule has 1 aromatic heterocycles. The Hall–Kier alpha value is -3.87. The number of para-hydroxylation sites is 1. The van der Waals surface area contributed by atoms with Crippen molar-refractivity contribution in [2.45, 2.75) is 37.6 Å². The van der Waals surface area contributed by atoms with Gasteiger partial charge in [0.05, 0.1) is 17.0 Å². The number of nitrogens with two attached hydrogens (primary N) is 1. The van der Waals surface area contributed by atoms with Gasteiger partial charge in [-0.05, 0) is 55.8 Å². The van der Waals surface area contributed by atoms with Gasteiger partial charge in [0.15, 0.2) is 0 Å². The summed E-state index contributed by atoms with van der Waals surface area (Å²) >= 11 is 0. The summed E-state index contributed by atoms with van der Waals surface area (Å²) < 4.78 is 34.5. The van der Waals surface area contributed by atoms with Gasteiger partial charge in [-0.25, -0.2) is 13.1 Å². The van der Waals surface area contributed by atoms with Crippen LogP contribution in [0.3, 0.4) is 0 Å². The van der Waals surface area contributed by atoms with Gasteiger partial charge in [0, 0.05) is 49.4 Å². The fourth-order valence-corrected chi connectivity index (χ4v) is 6.30. The fraction of sp³-hybridized carbons (Fsp3) is 0.312. The van der Waals surface area contributed by atoms with E-state index in [9.17, 15) is 18.3 Å². The highest BCUT2D eigenvalue weighted by atomic mass is 32.2. The second-order valence-electron chi connectivity index (χ2n) is 11.0. The van der Waals surface area contributed by atoms with Crippen LogP contribution in [0.25, 0.3) is 10.9 Å². The normalized spacial score (nSPS) is 16.2. The molecule has 0 saturated carbocycles. The number of aryl methyl sites for hydroxylation is 2. The third kappa shape index (κ3) is 7.20. The van der Waals surface area contributed by atoms with Gasteiger partial charge < -0.3 is 15.6 Å². The molecule has 1 aliphatic rings. The van der Waals surface area contributed by atoms with Gasteiger partial charge in [0.1, 0.15) is 12.4 Å². The van der Waals surface area contributed by atoms with Crippen molar-refractivity contribution in [1.29, 1.82) is 0 Å². The standard InChI is InChI=1S/C32H37N5O5S/c1-23-7-9-25(10-8-23)20-36-15-17-37(18-16-36)32(39,31(33)38)22-34-43(40,41)28-13-11-27(12-14-28)42-21-26-19-24(2)35-30-6-4-3-5-29(26)30/h3-14,19,34,39H,15-18,20-22H2,1-2H3,(H2,33,38). The van der Waals surface area contributed by atoms with Gasteiger partial charge in [-0.2, -0.15) is 0 Å². The Bertz CT molecular complexity index is 1690. The van der Waals surface area contributed by atoms with Crippen LogP contribution in [0.5, 0.6) is 5.75 Å². The van der Waals surface area contributed by atoms with Crippen LogP contribution in [-0.2, 0) is 28.0 Å². The van der Waals surface area contributed by atoms with Crippen molar-refractivity contribution in [3.63, 3.8) is 0 Å². The highest BCUT2D eigenvalue weighted by molar-refractivity contribution is 7.89. The number of nitrogens with one attached hydrogen (secondary N) is 1. The van der Waals surface area contributed by atoms with Crippen LogP contribution in [0.1, 0.15) is 22.4 Å². The Kier molecular flexibility index (Phi) is 9.09. The average Bonchev–Trinajstić information content (AvgIpc) is 3.00. The van der Waals surface area contributed by atoms with Crippen LogP contribution in [0.2, 0.25) is 0 Å². The molecule has 5 rings (SSSR count). The van der Waals surface area contributed by atoms with Gasteiger partial charge in [0.25, 0.3) is 5.91 Å². The molecule has 0 spiro atoms. The predicted molar refractivity (Wildman–Crippen MR) is 165 cm³/mol. The van der Waals surface area contributed by atoms with Gasteiger partial charge in [-0.1, -0.05) is 48.0 Å². The molecule has 3 aromatic carbocycles. The molecule has 1 unspecified atom stereocenters. The molecule has 1 atom stereocenters. The summed E-state index contributed by atoms with van der Waals surface area (Å²) in [6.45, 7) is 6.31. The summed E-state index contributed by atoms with van der Waals surface area (Å²) in [5, 5.41) is 12.2. The molecule has 1 aliphatic heterocycles. The van der Waals surface area contributed by atoms with E-state index in [1.54, 1.807) is 12.1 Å². The van der Waals surface area contributed by atoms with Crippen molar-refractivity contribution >= 4 is 26.8 Å². The highest BCUT2D eigenvalue weighted by Gasteiger charge is 2.43. The molecule has 2 heterocycles. The van der Waals surface area contributed by atoms with Crippen LogP contribution in [-0.4, -0.2) is 72.7 Å². The molecule has 1 amide bonds. The van der Waals surface area contributed by atoms with E-state index >= 15 is 0 Å². The zero-order valence-corrected chi connectivity index (χ0v) is 25.2. The molecule has 11 heteroatoms. The highest BCUT2D eigenvalue weighted by Crippen LogP contribution is 2.23. The first kappa shape index (κ1) is 30.6. The van der Waals surface area contributed by atoms with E-state index in [0.29, 0.717) is 31.9 Å². The van der Waals surface area contributed by atoms with Crippen molar-refractivity contribution in [3.8, 4) is 5.75 Å². The number of hydrogen-bond acceptors (Lipinski definition) is 8. The lowest BCUT2D eigenvalue weighted by Crippen LogP contribution is -2.66. The fourth-order valence-electron chi connectivity index (χ4n) is 5.25. The molecular formula is C32H37N5O5S. The van der Waals surface area contributed by atoms with Gasteiger partial charge in [-0.15, -0.1) is 0 Å². The molecule has 226 valence electrons. The Balaban J connectivity index is 1.18. The Labute approximate surface area is 252 Å². The number of nitrogens with zero attached hydrogens (tertiary/aromatic N) is 3. The van der Waals surface area contributed by atoms with Crippen LogP contribution in [0, 0.1) is 13.8 Å². The van der Waals surface area contributed by atoms with Gasteiger partial charge >= 0.3 is 0 Å². The number of rotatable bonds is 11. The van der Waals surface area contributed by atoms with E-state index in [0.717, 1.165) is 28.7 Å². The number of aliphatic hydroxyl groups is 1. The van der Waals surface area contributed by atoms with Crippen molar-refractivity contribution < 1.29 is 23.1 Å². The molecule has 0 aliphatic carbocycles. The first-order chi connectivity index (χ1) is 20.5. The lowest BCUT2D eigenvalue weighted by molar-refractivity contribution is -0.163. The number of hydrogen-bond donors (Lipinski definition) is 3. The summed E-state index contributed by atoms with van der Waals surface area (Å²) in [5.41, 5.74) is 8.52. The van der Waals surface area contributed by atoms with Crippen molar-refractivity contribution in [3.05, 3.63) is 101 Å². The first-order valence-electron chi connectivity index (χ1n) is 14.2. The lowest BCUT2D eigenvalue weighted by Gasteiger charge is -2.42. The second-order valence-corrected chi connectivity index (χ2v) is 12.7. The molecule has 4 N–H and O–H groups in total. The number of ether oxygens (including phenoxy) is 1. The summed E-state index contributed by atoms with van der Waals surface area (Å²) in [6, 6.07) is 24.0. The zero-order chi connectivity index (χ0) is 30.6. The maximum Gasteiger partial charge on any atom is 0.266 e. The van der Waals surface area contributed by atoms with E-state index in [-0.39, 0.29) is 11.5 Å². The number of primary amides is 1. The number of aromatic nitrogens is 1. The Morgan fingerprint density at radius 1 is 1.00 bits per heavy atom. The topological polar surface area (TPSA) is 138 Å². The third-order valence-electron chi connectivity index (χ3n) is 7.78. The molecular weight excluding hydrogens is 566 g/mol. The van der Waals surface area contributed by atoms with E-state index in [2.05, 4.69) is 38.9 Å². The number of sulfonamides is 1. The monoisotopic (exact) mass is 603 g/mol. The summed E-state index contributed by atoms with van der Waals surface area (Å²) in [6.07, 6.45) is 0. The number of carbonyl (C=O) groups is 1. The van der Waals surface area contributed by atoms with Crippen LogP contribution >= 0.6 is 0 Å². The van der Waals surface area contributed by atoms with Crippen molar-refractivity contribution in [2.75, 3.05) is 32.7 Å². The smallest absolute Gasteiger partial charge is 0.266 e. The van der Waals surface area contributed by atoms with Crippen LogP contribution in [0.15, 0.2) is 83.8 Å². The van der Waals surface area contributed by atoms with Gasteiger partial charge in [-0.3, -0.25) is 19.6 Å². The molecule has 1 saturated heterocycles. The number of pyridine rings is 1. The largest absolute Gasteiger partial charge is 0.489 e. The van der Waals surface area contributed by atoms with Crippen molar-refractivity contribution in [2.24, 2.45) is 5.73 Å². The molecule has 0 radical (unpaired) electrons. The molecule has 10 nitrogen and oxygen atoms in total. The average molecular weight is 604 g/mol. The second kappa shape index (κ2) is 12.8. The molecule has 0 bridgehead atoms. The lowest BCUT2D eigenvalue weighted by atomic mass is 10.1. The Morgan fingerprint density at radius 3 is 2.35 bits per heavy atom. The van der Waals surface area contributed by atoms with E-state index in [4.69, 9.17) is 10.5 Å². The summed E-state index contributed by atoms with van der Waals surface area (Å²) in [5.74, 6) is -0.514. The number of amides is 1. The first-order valence-corrected chi connectivity index (χ1v) is 15.6. The van der Waals surface area contributed by atoms with Crippen LogP contribution in [0.4, 0.5) is 0 Å². The minimum absolute atomic E-state index is 0.0280. The number of carbonyl (C=O) groups excluding carboxylic acids is 1. The third-order valence-corrected chi connectivity index (χ3v) is 9.20. The number of benzene rings is 3. The maximum atomic E-state index is 13.1. The predicted octanol–water partition coefficient (Wildman–Crippen LogP) is 2.70. The van der Waals surface area contributed by atoms with Crippen molar-refractivity contribution in [1.82, 2.24) is 19.5 Å². The SMILES string of the molecule is Cc1ccc(CN2CCN(C(O)(CNS(=O)(=O)c3ccc(OCc4cc(C)nc5ccccc45)cc3)C(N)=O)CC2)cc1. The van der Waals surface area contributed by atoms with Crippen LogP contribution < -0.4 is 15.2 Å². The molecule has 43 heavy (non-hydrogen) atoms. The number of piperazine rings is 1. The van der Waals surface area contributed by atoms with E-state index in [1.165, 1.54) is 28.2 Å². The zero-order valence-electron chi connectivity index (χ0n) is 24.4. The summed E-state index contributed by atoms with van der Waals surface area (Å²) in [4.78, 5) is 20.6. The Morgan fingerprint density at radius 2 is 1.67 bits per heavy atom. The maximum absolute atomic E-state index is 13.1. The summed E-state index contributed by atoms with van der Waals surface area (Å²) in [7, 11) is -4.06. The minimum atomic E-state index is -4.06. The van der Waals surface area contributed by atoms with E-state index in [1.807, 2.05) is 44.2 Å². The van der Waals surface area contributed by atoms with Gasteiger partial charge in [0.2, 0.25) is 15.7 Å². The molecule has 1 fully saturated rings. The quantitative estimate of drug-likeness (QED) is 0.238. The minimum Gasteiger partial charge on any atom is -0.489 e. The van der Waals surface area contributed by atoms with E-state index < -0.39 is 28.2 Å². The number of fused-ring (bicyclic) bond motifs is 1.